The number of benzene rings is 2. The van der Waals surface area contributed by atoms with E-state index in [1.54, 1.807) is 7.11 Å². The van der Waals surface area contributed by atoms with Crippen LogP contribution >= 0.6 is 0 Å². The Kier molecular flexibility index (Phi) is 3.76. The summed E-state index contributed by atoms with van der Waals surface area (Å²) in [6, 6.07) is 14.4. The van der Waals surface area contributed by atoms with E-state index < -0.39 is 0 Å². The van der Waals surface area contributed by atoms with Crippen LogP contribution in [0.5, 0.6) is 5.75 Å². The summed E-state index contributed by atoms with van der Waals surface area (Å²) >= 11 is 0. The molecule has 0 amide bonds. The van der Waals surface area contributed by atoms with Crippen LogP contribution in [-0.4, -0.2) is 21.8 Å². The van der Waals surface area contributed by atoms with Crippen LogP contribution in [0.25, 0.3) is 22.2 Å². The number of hydrogen-bond donors (Lipinski definition) is 0. The van der Waals surface area contributed by atoms with Crippen LogP contribution in [0.3, 0.4) is 0 Å². The molecule has 4 rings (SSSR count). The van der Waals surface area contributed by atoms with E-state index in [-0.39, 0.29) is 0 Å². The maximum Gasteiger partial charge on any atom is 0.141 e. The fourth-order valence-electron chi connectivity index (χ4n) is 3.16. The molecule has 0 aliphatic carbocycles. The van der Waals surface area contributed by atoms with Gasteiger partial charge in [0.05, 0.1) is 30.2 Å². The number of ether oxygens (including phenoxy) is 1. The summed E-state index contributed by atoms with van der Waals surface area (Å²) in [6.07, 6.45) is 1.88. The van der Waals surface area contributed by atoms with Gasteiger partial charge in [-0.3, -0.25) is 0 Å². The van der Waals surface area contributed by atoms with Gasteiger partial charge in [0, 0.05) is 12.1 Å². The van der Waals surface area contributed by atoms with Gasteiger partial charge in [-0.05, 0) is 49.2 Å². The van der Waals surface area contributed by atoms with Crippen molar-refractivity contribution in [1.82, 2.24) is 14.7 Å². The Hall–Kier alpha value is -3.08. The second kappa shape index (κ2) is 6.09. The van der Waals surface area contributed by atoms with Gasteiger partial charge in [-0.15, -0.1) is 0 Å². The van der Waals surface area contributed by atoms with Gasteiger partial charge in [0.2, 0.25) is 0 Å². The molecular weight excluding hydrogens is 314 g/mol. The summed E-state index contributed by atoms with van der Waals surface area (Å²) in [5.74, 6) is 1.69. The molecule has 0 N–H and O–H groups in total. The SMILES string of the molecule is COc1ccc(Cn2cnc3ccc(-c4c(C)noc4C)cc32)cc1. The average molecular weight is 333 g/mol. The summed E-state index contributed by atoms with van der Waals surface area (Å²) in [6.45, 7) is 4.66. The van der Waals surface area contributed by atoms with Gasteiger partial charge in [0.25, 0.3) is 0 Å². The first kappa shape index (κ1) is 15.4. The minimum Gasteiger partial charge on any atom is -0.497 e. The second-order valence-electron chi connectivity index (χ2n) is 6.12. The van der Waals surface area contributed by atoms with Crippen molar-refractivity contribution in [3.8, 4) is 16.9 Å². The third-order valence-electron chi connectivity index (χ3n) is 4.46. The van der Waals surface area contributed by atoms with E-state index in [1.165, 1.54) is 5.56 Å². The Balaban J connectivity index is 1.73. The van der Waals surface area contributed by atoms with Crippen molar-refractivity contribution in [1.29, 1.82) is 0 Å². The maximum atomic E-state index is 5.31. The van der Waals surface area contributed by atoms with E-state index in [4.69, 9.17) is 9.26 Å². The highest BCUT2D eigenvalue weighted by atomic mass is 16.5. The summed E-state index contributed by atoms with van der Waals surface area (Å²) in [5.41, 5.74) is 6.32. The smallest absolute Gasteiger partial charge is 0.141 e. The first-order valence-corrected chi connectivity index (χ1v) is 8.17. The number of fused-ring (bicyclic) bond motifs is 1. The molecule has 25 heavy (non-hydrogen) atoms. The minimum atomic E-state index is 0.756. The predicted molar refractivity (Wildman–Crippen MR) is 96.8 cm³/mol. The van der Waals surface area contributed by atoms with Gasteiger partial charge in [-0.25, -0.2) is 4.98 Å². The van der Waals surface area contributed by atoms with Crippen LogP contribution in [-0.2, 0) is 6.54 Å². The standard InChI is InChI=1S/C20H19N3O2/c1-13-20(14(2)25-22-13)16-6-9-18-19(10-16)23(12-21-18)11-15-4-7-17(24-3)8-5-15/h4-10,12H,11H2,1-3H3. The highest BCUT2D eigenvalue weighted by Crippen LogP contribution is 2.29. The normalized spacial score (nSPS) is 11.2. The maximum absolute atomic E-state index is 5.31. The molecule has 0 spiro atoms. The molecule has 0 saturated carbocycles. The molecule has 0 saturated heterocycles. The Morgan fingerprint density at radius 3 is 2.56 bits per heavy atom. The van der Waals surface area contributed by atoms with Crippen molar-refractivity contribution >= 4 is 11.0 Å². The Morgan fingerprint density at radius 2 is 1.88 bits per heavy atom. The Labute approximate surface area is 145 Å². The Bertz CT molecular complexity index is 1010. The van der Waals surface area contributed by atoms with Crippen LogP contribution in [0, 0.1) is 13.8 Å². The predicted octanol–water partition coefficient (Wildman–Crippen LogP) is 4.37. The van der Waals surface area contributed by atoms with Crippen LogP contribution in [0.1, 0.15) is 17.0 Å². The number of aromatic nitrogens is 3. The van der Waals surface area contributed by atoms with E-state index in [0.717, 1.165) is 45.9 Å². The van der Waals surface area contributed by atoms with Gasteiger partial charge in [-0.1, -0.05) is 23.4 Å². The fourth-order valence-corrected chi connectivity index (χ4v) is 3.16. The fraction of sp³-hybridized carbons (Fsp3) is 0.200. The molecule has 0 atom stereocenters. The van der Waals surface area contributed by atoms with E-state index >= 15 is 0 Å². The van der Waals surface area contributed by atoms with Crippen LogP contribution in [0.2, 0.25) is 0 Å². The van der Waals surface area contributed by atoms with Gasteiger partial charge in [0.1, 0.15) is 11.5 Å². The van der Waals surface area contributed by atoms with Crippen molar-refractivity contribution in [2.45, 2.75) is 20.4 Å². The van der Waals surface area contributed by atoms with Crippen LogP contribution < -0.4 is 4.74 Å². The lowest BCUT2D eigenvalue weighted by Gasteiger charge is -2.07. The molecular formula is C20H19N3O2. The largest absolute Gasteiger partial charge is 0.497 e. The highest BCUT2D eigenvalue weighted by molar-refractivity contribution is 5.83. The average Bonchev–Trinajstić information content (AvgIpc) is 3.18. The number of methoxy groups -OCH3 is 1. The minimum absolute atomic E-state index is 0.756. The zero-order valence-corrected chi connectivity index (χ0v) is 14.5. The summed E-state index contributed by atoms with van der Waals surface area (Å²) in [7, 11) is 1.68. The quantitative estimate of drug-likeness (QED) is 0.556. The van der Waals surface area contributed by atoms with Crippen molar-refractivity contribution in [2.75, 3.05) is 7.11 Å². The lowest BCUT2D eigenvalue weighted by molar-refractivity contribution is 0.393. The van der Waals surface area contributed by atoms with Crippen molar-refractivity contribution < 1.29 is 9.26 Å². The molecule has 0 aliphatic rings. The molecule has 0 aliphatic heterocycles. The molecule has 0 unspecified atom stereocenters. The summed E-state index contributed by atoms with van der Waals surface area (Å²) in [4.78, 5) is 4.52. The van der Waals surface area contributed by atoms with Gasteiger partial charge < -0.3 is 13.8 Å². The second-order valence-corrected chi connectivity index (χ2v) is 6.12. The molecule has 2 aromatic carbocycles. The van der Waals surface area contributed by atoms with Gasteiger partial charge in [0.15, 0.2) is 0 Å². The topological polar surface area (TPSA) is 53.1 Å². The molecule has 5 nitrogen and oxygen atoms in total. The van der Waals surface area contributed by atoms with E-state index in [0.29, 0.717) is 0 Å². The number of aryl methyl sites for hydroxylation is 2. The lowest BCUT2D eigenvalue weighted by atomic mass is 10.0. The Morgan fingerprint density at radius 1 is 1.08 bits per heavy atom. The number of rotatable bonds is 4. The summed E-state index contributed by atoms with van der Waals surface area (Å²) in [5, 5.41) is 4.06. The van der Waals surface area contributed by atoms with Crippen LogP contribution in [0.4, 0.5) is 0 Å². The molecule has 4 aromatic rings. The molecule has 0 fully saturated rings. The van der Waals surface area contributed by atoms with Gasteiger partial charge >= 0.3 is 0 Å². The summed E-state index contributed by atoms with van der Waals surface area (Å²) < 4.78 is 12.7. The molecule has 5 heteroatoms. The number of imidazole rings is 1. The highest BCUT2D eigenvalue weighted by Gasteiger charge is 2.13. The molecule has 0 bridgehead atoms. The van der Waals surface area contributed by atoms with Crippen molar-refractivity contribution in [3.05, 3.63) is 65.8 Å². The zero-order chi connectivity index (χ0) is 17.4. The molecule has 0 radical (unpaired) electrons. The molecule has 2 heterocycles. The van der Waals surface area contributed by atoms with E-state index in [2.05, 4.69) is 39.0 Å². The molecule has 2 aromatic heterocycles. The van der Waals surface area contributed by atoms with Gasteiger partial charge in [-0.2, -0.15) is 0 Å². The zero-order valence-electron chi connectivity index (χ0n) is 14.5. The van der Waals surface area contributed by atoms with Crippen LogP contribution in [0.15, 0.2) is 53.3 Å². The van der Waals surface area contributed by atoms with Crippen molar-refractivity contribution in [2.24, 2.45) is 0 Å². The van der Waals surface area contributed by atoms with E-state index in [9.17, 15) is 0 Å². The molecule has 126 valence electrons. The first-order chi connectivity index (χ1) is 12.2. The number of nitrogens with zero attached hydrogens (tertiary/aromatic N) is 3. The van der Waals surface area contributed by atoms with Crippen molar-refractivity contribution in [3.63, 3.8) is 0 Å². The number of hydrogen-bond acceptors (Lipinski definition) is 4. The first-order valence-electron chi connectivity index (χ1n) is 8.17. The third kappa shape index (κ3) is 2.78. The monoisotopic (exact) mass is 333 g/mol. The van der Waals surface area contributed by atoms with E-state index in [1.807, 2.05) is 38.4 Å². The lowest BCUT2D eigenvalue weighted by Crippen LogP contribution is -1.98. The third-order valence-corrected chi connectivity index (χ3v) is 4.46.